The van der Waals surface area contributed by atoms with Crippen LogP contribution in [0.4, 0.5) is 5.69 Å². The summed E-state index contributed by atoms with van der Waals surface area (Å²) in [5.41, 5.74) is 1.74. The maximum Gasteiger partial charge on any atom is 0.257 e. The van der Waals surface area contributed by atoms with Crippen LogP contribution in [0, 0.1) is 17.2 Å². The average molecular weight is 353 g/mol. The SMILES string of the molecule is CC(C)COc1ccc(C(=O)NC(=S)Nc2ccc(C#N)cc2)cc1. The maximum absolute atomic E-state index is 12.2. The van der Waals surface area contributed by atoms with Crippen LogP contribution in [-0.4, -0.2) is 17.6 Å². The zero-order valence-electron chi connectivity index (χ0n) is 14.1. The molecule has 0 fully saturated rings. The summed E-state index contributed by atoms with van der Waals surface area (Å²) in [6, 6.07) is 15.7. The van der Waals surface area contributed by atoms with E-state index in [4.69, 9.17) is 22.2 Å². The Morgan fingerprint density at radius 2 is 1.80 bits per heavy atom. The van der Waals surface area contributed by atoms with Crippen molar-refractivity contribution in [1.29, 1.82) is 5.26 Å². The van der Waals surface area contributed by atoms with Crippen molar-refractivity contribution in [2.24, 2.45) is 5.92 Å². The number of anilines is 1. The summed E-state index contributed by atoms with van der Waals surface area (Å²) in [6.07, 6.45) is 0. The quantitative estimate of drug-likeness (QED) is 0.802. The Labute approximate surface area is 152 Å². The minimum absolute atomic E-state index is 0.190. The van der Waals surface area contributed by atoms with Crippen molar-refractivity contribution in [2.45, 2.75) is 13.8 Å². The molecule has 0 saturated carbocycles. The molecule has 0 aliphatic heterocycles. The van der Waals surface area contributed by atoms with E-state index < -0.39 is 0 Å². The van der Waals surface area contributed by atoms with Gasteiger partial charge in [-0.3, -0.25) is 10.1 Å². The Morgan fingerprint density at radius 3 is 2.36 bits per heavy atom. The van der Waals surface area contributed by atoms with Crippen LogP contribution in [0.15, 0.2) is 48.5 Å². The van der Waals surface area contributed by atoms with Crippen molar-refractivity contribution in [2.75, 3.05) is 11.9 Å². The lowest BCUT2D eigenvalue weighted by Crippen LogP contribution is -2.34. The smallest absolute Gasteiger partial charge is 0.257 e. The summed E-state index contributed by atoms with van der Waals surface area (Å²) in [6.45, 7) is 4.78. The van der Waals surface area contributed by atoms with Crippen molar-refractivity contribution >= 4 is 28.9 Å². The van der Waals surface area contributed by atoms with Crippen molar-refractivity contribution in [3.63, 3.8) is 0 Å². The number of nitrogens with zero attached hydrogens (tertiary/aromatic N) is 1. The number of hydrogen-bond donors (Lipinski definition) is 2. The van der Waals surface area contributed by atoms with E-state index in [0.29, 0.717) is 29.3 Å². The number of nitrogens with one attached hydrogen (secondary N) is 2. The summed E-state index contributed by atoms with van der Waals surface area (Å²) in [4.78, 5) is 12.2. The molecule has 1 amide bonds. The van der Waals surface area contributed by atoms with Gasteiger partial charge in [0, 0.05) is 11.3 Å². The van der Waals surface area contributed by atoms with Crippen molar-refractivity contribution in [1.82, 2.24) is 5.32 Å². The largest absolute Gasteiger partial charge is 0.493 e. The molecule has 0 spiro atoms. The third-order valence-corrected chi connectivity index (χ3v) is 3.40. The van der Waals surface area contributed by atoms with Gasteiger partial charge in [-0.2, -0.15) is 5.26 Å². The summed E-state index contributed by atoms with van der Waals surface area (Å²) in [5, 5.41) is 14.5. The van der Waals surface area contributed by atoms with Gasteiger partial charge < -0.3 is 10.1 Å². The molecule has 0 atom stereocenters. The molecule has 6 heteroatoms. The highest BCUT2D eigenvalue weighted by atomic mass is 32.1. The van der Waals surface area contributed by atoms with E-state index in [-0.39, 0.29) is 11.0 Å². The molecule has 5 nitrogen and oxygen atoms in total. The maximum atomic E-state index is 12.2. The number of carbonyl (C=O) groups is 1. The minimum atomic E-state index is -0.304. The van der Waals surface area contributed by atoms with Crippen molar-refractivity contribution in [3.8, 4) is 11.8 Å². The van der Waals surface area contributed by atoms with Gasteiger partial charge in [0.15, 0.2) is 5.11 Å². The number of carbonyl (C=O) groups excluding carboxylic acids is 1. The fraction of sp³-hybridized carbons (Fsp3) is 0.211. The second-order valence-corrected chi connectivity index (χ2v) is 6.23. The zero-order chi connectivity index (χ0) is 18.2. The number of thiocarbonyl (C=S) groups is 1. The molecule has 2 rings (SSSR count). The molecular weight excluding hydrogens is 334 g/mol. The van der Waals surface area contributed by atoms with Crippen LogP contribution in [0.5, 0.6) is 5.75 Å². The Kier molecular flexibility index (Phi) is 6.49. The number of amides is 1. The Hall–Kier alpha value is -2.91. The van der Waals surface area contributed by atoms with Gasteiger partial charge in [0.05, 0.1) is 18.2 Å². The normalized spacial score (nSPS) is 10.0. The van der Waals surface area contributed by atoms with Crippen molar-refractivity contribution < 1.29 is 9.53 Å². The van der Waals surface area contributed by atoms with Crippen molar-refractivity contribution in [3.05, 3.63) is 59.7 Å². The van der Waals surface area contributed by atoms with Gasteiger partial charge in [0.25, 0.3) is 5.91 Å². The molecule has 0 radical (unpaired) electrons. The van der Waals surface area contributed by atoms with Crippen LogP contribution >= 0.6 is 12.2 Å². The van der Waals surface area contributed by atoms with Crippen LogP contribution in [0.1, 0.15) is 29.8 Å². The van der Waals surface area contributed by atoms with E-state index in [1.807, 2.05) is 6.07 Å². The first-order valence-electron chi connectivity index (χ1n) is 7.83. The predicted octanol–water partition coefficient (Wildman–Crippen LogP) is 3.72. The highest BCUT2D eigenvalue weighted by Gasteiger charge is 2.08. The van der Waals surface area contributed by atoms with Crippen LogP contribution in [0.2, 0.25) is 0 Å². The summed E-state index contributed by atoms with van der Waals surface area (Å²) >= 11 is 5.14. The van der Waals surface area contributed by atoms with E-state index >= 15 is 0 Å². The summed E-state index contributed by atoms with van der Waals surface area (Å²) in [5.74, 6) is 0.860. The molecule has 0 heterocycles. The number of hydrogen-bond acceptors (Lipinski definition) is 4. The lowest BCUT2D eigenvalue weighted by molar-refractivity contribution is 0.0977. The molecular formula is C19H19N3O2S. The number of nitriles is 1. The monoisotopic (exact) mass is 353 g/mol. The Balaban J connectivity index is 1.89. The molecule has 0 aliphatic carbocycles. The molecule has 2 aromatic carbocycles. The molecule has 25 heavy (non-hydrogen) atoms. The number of rotatable bonds is 5. The van der Waals surface area contributed by atoms with Gasteiger partial charge in [0.2, 0.25) is 0 Å². The first-order valence-corrected chi connectivity index (χ1v) is 8.24. The van der Waals surface area contributed by atoms with E-state index in [9.17, 15) is 4.79 Å². The molecule has 0 aromatic heterocycles. The number of ether oxygens (including phenoxy) is 1. The highest BCUT2D eigenvalue weighted by molar-refractivity contribution is 7.80. The third kappa shape index (κ3) is 5.90. The first kappa shape index (κ1) is 18.4. The van der Waals surface area contributed by atoms with Gasteiger partial charge >= 0.3 is 0 Å². The second kappa shape index (κ2) is 8.81. The van der Waals surface area contributed by atoms with Gasteiger partial charge in [-0.05, 0) is 66.7 Å². The molecule has 2 N–H and O–H groups in total. The minimum Gasteiger partial charge on any atom is -0.493 e. The van der Waals surface area contributed by atoms with Gasteiger partial charge in [-0.15, -0.1) is 0 Å². The van der Waals surface area contributed by atoms with Gasteiger partial charge in [-0.25, -0.2) is 0 Å². The summed E-state index contributed by atoms with van der Waals surface area (Å²) in [7, 11) is 0. The number of benzene rings is 2. The zero-order valence-corrected chi connectivity index (χ0v) is 14.9. The Bertz CT molecular complexity index is 778. The topological polar surface area (TPSA) is 74.2 Å². The molecule has 2 aromatic rings. The van der Waals surface area contributed by atoms with Gasteiger partial charge in [0.1, 0.15) is 5.75 Å². The van der Waals surface area contributed by atoms with Crippen LogP contribution < -0.4 is 15.4 Å². The Morgan fingerprint density at radius 1 is 1.16 bits per heavy atom. The molecule has 128 valence electrons. The fourth-order valence-corrected chi connectivity index (χ4v) is 2.14. The average Bonchev–Trinajstić information content (AvgIpc) is 2.61. The standard InChI is InChI=1S/C19H19N3O2S/c1-13(2)12-24-17-9-5-15(6-10-17)18(23)22-19(25)21-16-7-3-14(11-20)4-8-16/h3-10,13H,12H2,1-2H3,(H2,21,22,23,25). The first-order chi connectivity index (χ1) is 12.0. The molecule has 0 bridgehead atoms. The van der Waals surface area contributed by atoms with E-state index in [1.54, 1.807) is 48.5 Å². The second-order valence-electron chi connectivity index (χ2n) is 5.83. The van der Waals surface area contributed by atoms with Crippen LogP contribution in [0.25, 0.3) is 0 Å². The lowest BCUT2D eigenvalue weighted by Gasteiger charge is -2.11. The predicted molar refractivity (Wildman–Crippen MR) is 102 cm³/mol. The van der Waals surface area contributed by atoms with Crippen LogP contribution in [-0.2, 0) is 0 Å². The van der Waals surface area contributed by atoms with E-state index in [0.717, 1.165) is 5.75 Å². The lowest BCUT2D eigenvalue weighted by atomic mass is 10.2. The highest BCUT2D eigenvalue weighted by Crippen LogP contribution is 2.13. The molecule has 0 aliphatic rings. The fourth-order valence-electron chi connectivity index (χ4n) is 1.93. The molecule has 0 saturated heterocycles. The third-order valence-electron chi connectivity index (χ3n) is 3.20. The van der Waals surface area contributed by atoms with E-state index in [2.05, 4.69) is 24.5 Å². The summed E-state index contributed by atoms with van der Waals surface area (Å²) < 4.78 is 5.59. The van der Waals surface area contributed by atoms with Crippen LogP contribution in [0.3, 0.4) is 0 Å². The molecule has 0 unspecified atom stereocenters. The van der Waals surface area contributed by atoms with Gasteiger partial charge in [-0.1, -0.05) is 13.8 Å². The van der Waals surface area contributed by atoms with E-state index in [1.165, 1.54) is 0 Å².